The van der Waals surface area contributed by atoms with Gasteiger partial charge in [0.25, 0.3) is 0 Å². The van der Waals surface area contributed by atoms with Gasteiger partial charge in [-0.3, -0.25) is 0 Å². The van der Waals surface area contributed by atoms with Crippen molar-refractivity contribution in [3.63, 3.8) is 0 Å². The lowest BCUT2D eigenvalue weighted by Gasteiger charge is -2.01. The Hall–Kier alpha value is -1.29. The van der Waals surface area contributed by atoms with Gasteiger partial charge in [0.1, 0.15) is 14.1 Å². The van der Waals surface area contributed by atoms with E-state index in [0.717, 1.165) is 11.3 Å². The summed E-state index contributed by atoms with van der Waals surface area (Å²) in [6, 6.07) is 2.54. The molecule has 18 heavy (non-hydrogen) atoms. The van der Waals surface area contributed by atoms with Gasteiger partial charge in [0, 0.05) is 11.6 Å². The first-order chi connectivity index (χ1) is 8.49. The van der Waals surface area contributed by atoms with E-state index in [9.17, 15) is 13.2 Å². The molecule has 2 aromatic heterocycles. The van der Waals surface area contributed by atoms with E-state index < -0.39 is 16.0 Å². The number of aromatic carboxylic acids is 1. The van der Waals surface area contributed by atoms with E-state index in [1.165, 1.54) is 23.5 Å². The first-order valence-electron chi connectivity index (χ1n) is 4.70. The molecule has 96 valence electrons. The molecule has 0 aliphatic carbocycles. The van der Waals surface area contributed by atoms with Gasteiger partial charge in [-0.2, -0.15) is 0 Å². The summed E-state index contributed by atoms with van der Waals surface area (Å²) in [4.78, 5) is 14.6. The standard InChI is InChI=1S/C9H8N2O4S3/c12-9(13)6-1-2-8(17-6)18(14,15)11-5-7-10-3-4-16-7/h1-4,11H,5H2,(H,12,13). The number of thiophene rings is 1. The molecular weight excluding hydrogens is 296 g/mol. The molecule has 0 aromatic carbocycles. The van der Waals surface area contributed by atoms with Crippen LogP contribution in [-0.2, 0) is 16.6 Å². The highest BCUT2D eigenvalue weighted by atomic mass is 32.2. The fourth-order valence-corrected chi connectivity index (χ4v) is 3.97. The normalized spacial score (nSPS) is 11.6. The van der Waals surface area contributed by atoms with Crippen LogP contribution in [-0.4, -0.2) is 24.5 Å². The van der Waals surface area contributed by atoms with Gasteiger partial charge in [-0.1, -0.05) is 0 Å². The Morgan fingerprint density at radius 2 is 2.22 bits per heavy atom. The number of hydrogen-bond donors (Lipinski definition) is 2. The minimum absolute atomic E-state index is 0.00961. The molecule has 0 radical (unpaired) electrons. The number of carboxylic acids is 1. The number of sulfonamides is 1. The lowest BCUT2D eigenvalue weighted by atomic mass is 10.5. The van der Waals surface area contributed by atoms with E-state index in [4.69, 9.17) is 5.11 Å². The maximum absolute atomic E-state index is 11.8. The molecule has 2 N–H and O–H groups in total. The SMILES string of the molecule is O=C(O)c1ccc(S(=O)(=O)NCc2nccs2)s1. The fraction of sp³-hybridized carbons (Fsp3) is 0.111. The van der Waals surface area contributed by atoms with Crippen molar-refractivity contribution in [2.75, 3.05) is 0 Å². The highest BCUT2D eigenvalue weighted by molar-refractivity contribution is 7.91. The number of aromatic nitrogens is 1. The first-order valence-corrected chi connectivity index (χ1v) is 7.88. The van der Waals surface area contributed by atoms with Crippen LogP contribution in [0.4, 0.5) is 0 Å². The van der Waals surface area contributed by atoms with E-state index in [1.54, 1.807) is 11.6 Å². The lowest BCUT2D eigenvalue weighted by molar-refractivity contribution is 0.0702. The van der Waals surface area contributed by atoms with Gasteiger partial charge >= 0.3 is 5.97 Å². The van der Waals surface area contributed by atoms with Crippen LogP contribution in [0.1, 0.15) is 14.7 Å². The molecule has 0 bridgehead atoms. The zero-order valence-electron chi connectivity index (χ0n) is 8.86. The van der Waals surface area contributed by atoms with E-state index in [0.29, 0.717) is 5.01 Å². The number of hydrogen-bond acceptors (Lipinski definition) is 6. The van der Waals surface area contributed by atoms with Gasteiger partial charge in [0.2, 0.25) is 10.0 Å². The van der Waals surface area contributed by atoms with E-state index in [2.05, 4.69) is 9.71 Å². The monoisotopic (exact) mass is 304 g/mol. The third-order valence-corrected chi connectivity index (χ3v) is 5.70. The molecule has 0 spiro atoms. The molecule has 0 saturated heterocycles. The molecule has 2 aromatic rings. The Kier molecular flexibility index (Phi) is 3.76. The van der Waals surface area contributed by atoms with Gasteiger partial charge in [-0.25, -0.2) is 22.9 Å². The average Bonchev–Trinajstić information content (AvgIpc) is 2.98. The van der Waals surface area contributed by atoms with Crippen LogP contribution in [0.2, 0.25) is 0 Å². The van der Waals surface area contributed by atoms with E-state index >= 15 is 0 Å². The van der Waals surface area contributed by atoms with Crippen molar-refractivity contribution in [3.05, 3.63) is 33.6 Å². The predicted octanol–water partition coefficient (Wildman–Crippen LogP) is 1.38. The molecule has 2 heterocycles. The molecule has 0 unspecified atom stereocenters. The summed E-state index contributed by atoms with van der Waals surface area (Å²) in [5.41, 5.74) is 0. The van der Waals surface area contributed by atoms with Crippen LogP contribution in [0.3, 0.4) is 0 Å². The lowest BCUT2D eigenvalue weighted by Crippen LogP contribution is -2.22. The Morgan fingerprint density at radius 1 is 1.44 bits per heavy atom. The van der Waals surface area contributed by atoms with Crippen molar-refractivity contribution in [2.24, 2.45) is 0 Å². The summed E-state index contributed by atoms with van der Waals surface area (Å²) >= 11 is 2.06. The quantitative estimate of drug-likeness (QED) is 0.870. The van der Waals surface area contributed by atoms with Crippen LogP contribution in [0, 0.1) is 0 Å². The second kappa shape index (κ2) is 5.14. The average molecular weight is 304 g/mol. The summed E-state index contributed by atoms with van der Waals surface area (Å²) in [7, 11) is -3.68. The van der Waals surface area contributed by atoms with Crippen LogP contribution >= 0.6 is 22.7 Å². The third kappa shape index (κ3) is 2.93. The largest absolute Gasteiger partial charge is 0.477 e. The van der Waals surface area contributed by atoms with Crippen LogP contribution in [0.5, 0.6) is 0 Å². The topological polar surface area (TPSA) is 96.4 Å². The van der Waals surface area contributed by atoms with Gasteiger partial charge in [0.05, 0.1) is 6.54 Å². The molecule has 0 saturated carbocycles. The van der Waals surface area contributed by atoms with Crippen molar-refractivity contribution in [1.82, 2.24) is 9.71 Å². The first kappa shape index (κ1) is 13.1. The third-order valence-electron chi connectivity index (χ3n) is 1.95. The molecule has 0 fully saturated rings. The Labute approximate surface area is 111 Å². The summed E-state index contributed by atoms with van der Waals surface area (Å²) in [6.07, 6.45) is 1.59. The van der Waals surface area contributed by atoms with Crippen molar-refractivity contribution in [1.29, 1.82) is 0 Å². The van der Waals surface area contributed by atoms with E-state index in [1.807, 2.05) is 0 Å². The minimum Gasteiger partial charge on any atom is -0.477 e. The highest BCUT2D eigenvalue weighted by Crippen LogP contribution is 2.21. The van der Waals surface area contributed by atoms with Crippen molar-refractivity contribution >= 4 is 38.7 Å². The smallest absolute Gasteiger partial charge is 0.345 e. The number of carboxylic acid groups (broad SMARTS) is 1. The molecule has 0 aliphatic heterocycles. The maximum atomic E-state index is 11.8. The predicted molar refractivity (Wildman–Crippen MR) is 67.4 cm³/mol. The zero-order chi connectivity index (χ0) is 13.2. The van der Waals surface area contributed by atoms with E-state index in [-0.39, 0.29) is 15.6 Å². The fourth-order valence-electron chi connectivity index (χ4n) is 1.15. The molecule has 2 rings (SSSR count). The molecule has 6 nitrogen and oxygen atoms in total. The van der Waals surface area contributed by atoms with Crippen molar-refractivity contribution in [2.45, 2.75) is 10.8 Å². The number of thiazole rings is 1. The number of nitrogens with zero attached hydrogens (tertiary/aromatic N) is 1. The Morgan fingerprint density at radius 3 is 2.78 bits per heavy atom. The van der Waals surface area contributed by atoms with Gasteiger partial charge in [-0.05, 0) is 12.1 Å². The molecule has 9 heteroatoms. The van der Waals surface area contributed by atoms with Crippen LogP contribution in [0.25, 0.3) is 0 Å². The number of rotatable bonds is 5. The van der Waals surface area contributed by atoms with Crippen molar-refractivity contribution < 1.29 is 18.3 Å². The number of nitrogens with one attached hydrogen (secondary N) is 1. The molecular formula is C9H8N2O4S3. The summed E-state index contributed by atoms with van der Waals surface area (Å²) in [6.45, 7) is 0.0975. The van der Waals surface area contributed by atoms with Crippen molar-refractivity contribution in [3.8, 4) is 0 Å². The molecule has 0 atom stereocenters. The second-order valence-corrected chi connectivity index (χ2v) is 7.23. The van der Waals surface area contributed by atoms with Gasteiger partial charge in [-0.15, -0.1) is 22.7 Å². The van der Waals surface area contributed by atoms with Gasteiger partial charge in [0.15, 0.2) is 0 Å². The molecule has 0 aliphatic rings. The molecule has 0 amide bonds. The zero-order valence-corrected chi connectivity index (χ0v) is 11.3. The summed E-state index contributed by atoms with van der Waals surface area (Å²) < 4.78 is 26.0. The minimum atomic E-state index is -3.68. The Bertz CT molecular complexity index is 645. The van der Waals surface area contributed by atoms with Crippen LogP contribution in [0.15, 0.2) is 27.9 Å². The maximum Gasteiger partial charge on any atom is 0.345 e. The summed E-state index contributed by atoms with van der Waals surface area (Å²) in [5, 5.41) is 11.1. The Balaban J connectivity index is 2.12. The summed E-state index contributed by atoms with van der Waals surface area (Å²) in [5.74, 6) is -1.14. The number of carbonyl (C=O) groups is 1. The highest BCUT2D eigenvalue weighted by Gasteiger charge is 2.18. The van der Waals surface area contributed by atoms with Crippen LogP contribution < -0.4 is 4.72 Å². The van der Waals surface area contributed by atoms with Gasteiger partial charge < -0.3 is 5.11 Å². The second-order valence-electron chi connectivity index (χ2n) is 3.17.